The van der Waals surface area contributed by atoms with Gasteiger partial charge in [0, 0.05) is 18.7 Å². The summed E-state index contributed by atoms with van der Waals surface area (Å²) < 4.78 is 10.7. The lowest BCUT2D eigenvalue weighted by atomic mass is 10.1. The predicted molar refractivity (Wildman–Crippen MR) is 98.7 cm³/mol. The lowest BCUT2D eigenvalue weighted by Gasteiger charge is -2.22. The molecule has 2 rings (SSSR count). The molecule has 0 saturated heterocycles. The van der Waals surface area contributed by atoms with Crippen LogP contribution in [0.5, 0.6) is 11.5 Å². The van der Waals surface area contributed by atoms with E-state index in [9.17, 15) is 9.59 Å². The quantitative estimate of drug-likeness (QED) is 0.746. The van der Waals surface area contributed by atoms with Crippen LogP contribution in [-0.2, 0) is 9.59 Å². The zero-order valence-corrected chi connectivity index (χ0v) is 14.9. The largest absolute Gasteiger partial charge is 0.494 e. The van der Waals surface area contributed by atoms with Gasteiger partial charge in [-0.2, -0.15) is 0 Å². The number of hydrogen-bond donors (Lipinski definition) is 1. The van der Waals surface area contributed by atoms with E-state index in [0.717, 1.165) is 5.75 Å². The Morgan fingerprint density at radius 3 is 2.23 bits per heavy atom. The Morgan fingerprint density at radius 1 is 1.00 bits per heavy atom. The van der Waals surface area contributed by atoms with E-state index in [1.54, 1.807) is 36.2 Å². The molecule has 0 saturated carbocycles. The first kappa shape index (κ1) is 19.3. The first-order valence-electron chi connectivity index (χ1n) is 8.37. The van der Waals surface area contributed by atoms with Crippen LogP contribution in [0.3, 0.4) is 0 Å². The highest BCUT2D eigenvalue weighted by atomic mass is 16.5. The Morgan fingerprint density at radius 2 is 1.62 bits per heavy atom. The lowest BCUT2D eigenvalue weighted by Crippen LogP contribution is -2.32. The van der Waals surface area contributed by atoms with Crippen molar-refractivity contribution in [1.29, 1.82) is 0 Å². The molecule has 0 aromatic heterocycles. The maximum atomic E-state index is 12.5. The van der Waals surface area contributed by atoms with Gasteiger partial charge in [0.25, 0.3) is 0 Å². The van der Waals surface area contributed by atoms with Crippen molar-refractivity contribution in [3.05, 3.63) is 54.6 Å². The number of anilines is 1. The Bertz CT molecular complexity index is 715. The molecule has 6 nitrogen and oxygen atoms in total. The minimum atomic E-state index is -1.03. The highest BCUT2D eigenvalue weighted by molar-refractivity contribution is 5.94. The number of nitrogens with zero attached hydrogens (tertiary/aromatic N) is 1. The molecule has 2 aromatic rings. The van der Waals surface area contributed by atoms with Crippen LogP contribution in [0.4, 0.5) is 5.69 Å². The Kier molecular flexibility index (Phi) is 7.02. The van der Waals surface area contributed by atoms with Gasteiger partial charge in [-0.1, -0.05) is 25.1 Å². The van der Waals surface area contributed by atoms with Gasteiger partial charge in [-0.05, 0) is 42.8 Å². The molecule has 0 aliphatic carbocycles. The molecule has 6 heteroatoms. The summed E-state index contributed by atoms with van der Waals surface area (Å²) in [6.07, 6.45) is 0.609. The molecular weight excluding hydrogens is 334 g/mol. The van der Waals surface area contributed by atoms with E-state index < -0.39 is 12.6 Å². The zero-order chi connectivity index (χ0) is 18.9. The first-order chi connectivity index (χ1) is 12.5. The number of carboxylic acid groups (broad SMARTS) is 1. The molecule has 138 valence electrons. The van der Waals surface area contributed by atoms with Crippen LogP contribution in [0.25, 0.3) is 0 Å². The van der Waals surface area contributed by atoms with Gasteiger partial charge in [0.15, 0.2) is 6.61 Å². The van der Waals surface area contributed by atoms with Gasteiger partial charge in [-0.15, -0.1) is 0 Å². The standard InChI is InChI=1S/C20H23NO5/c1-15(12-13-25-17-6-4-3-5-7-17)20(24)21(2)16-8-10-18(11-9-16)26-14-19(22)23/h3-11,15H,12-14H2,1-2H3,(H,22,23). The minimum Gasteiger partial charge on any atom is -0.494 e. The number of aliphatic carboxylic acids is 1. The van der Waals surface area contributed by atoms with Crippen LogP contribution in [0.2, 0.25) is 0 Å². The topological polar surface area (TPSA) is 76.1 Å². The molecule has 0 heterocycles. The molecule has 0 fully saturated rings. The maximum absolute atomic E-state index is 12.5. The number of carbonyl (C=O) groups is 2. The van der Waals surface area contributed by atoms with E-state index in [2.05, 4.69) is 0 Å². The van der Waals surface area contributed by atoms with Crippen LogP contribution in [0, 0.1) is 5.92 Å². The number of para-hydroxylation sites is 1. The van der Waals surface area contributed by atoms with Crippen molar-refractivity contribution < 1.29 is 24.2 Å². The van der Waals surface area contributed by atoms with Crippen molar-refractivity contribution >= 4 is 17.6 Å². The summed E-state index contributed by atoms with van der Waals surface area (Å²) in [5.41, 5.74) is 0.716. The minimum absolute atomic E-state index is 0.0131. The average molecular weight is 357 g/mol. The highest BCUT2D eigenvalue weighted by Gasteiger charge is 2.19. The number of ether oxygens (including phenoxy) is 2. The van der Waals surface area contributed by atoms with E-state index in [0.29, 0.717) is 24.5 Å². The van der Waals surface area contributed by atoms with Crippen molar-refractivity contribution in [3.63, 3.8) is 0 Å². The second-order valence-corrected chi connectivity index (χ2v) is 5.92. The molecule has 1 atom stereocenters. The van der Waals surface area contributed by atoms with Gasteiger partial charge in [0.05, 0.1) is 6.61 Å². The van der Waals surface area contributed by atoms with Crippen molar-refractivity contribution in [3.8, 4) is 11.5 Å². The molecule has 26 heavy (non-hydrogen) atoms. The van der Waals surface area contributed by atoms with Crippen molar-refractivity contribution in [2.24, 2.45) is 5.92 Å². The van der Waals surface area contributed by atoms with Crippen molar-refractivity contribution in [2.45, 2.75) is 13.3 Å². The normalized spacial score (nSPS) is 11.5. The van der Waals surface area contributed by atoms with Gasteiger partial charge < -0.3 is 19.5 Å². The van der Waals surface area contributed by atoms with Gasteiger partial charge in [0.1, 0.15) is 11.5 Å². The molecule has 0 aliphatic heterocycles. The Balaban J connectivity index is 1.84. The monoisotopic (exact) mass is 357 g/mol. The summed E-state index contributed by atoms with van der Waals surface area (Å²) in [5.74, 6) is -0.000745. The summed E-state index contributed by atoms with van der Waals surface area (Å²) in [4.78, 5) is 24.6. The summed E-state index contributed by atoms with van der Waals surface area (Å²) in [6.45, 7) is 1.94. The number of amides is 1. The fraction of sp³-hybridized carbons (Fsp3) is 0.300. The molecule has 0 radical (unpaired) electrons. The van der Waals surface area contributed by atoms with Crippen LogP contribution in [0.1, 0.15) is 13.3 Å². The smallest absolute Gasteiger partial charge is 0.341 e. The second-order valence-electron chi connectivity index (χ2n) is 5.92. The molecule has 0 bridgehead atoms. The number of hydrogen-bond acceptors (Lipinski definition) is 4. The van der Waals surface area contributed by atoms with Crippen LogP contribution >= 0.6 is 0 Å². The molecule has 0 aliphatic rings. The number of carbonyl (C=O) groups excluding carboxylic acids is 1. The van der Waals surface area contributed by atoms with Gasteiger partial charge in [-0.25, -0.2) is 4.79 Å². The first-order valence-corrected chi connectivity index (χ1v) is 8.37. The second kappa shape index (κ2) is 9.46. The molecule has 1 unspecified atom stereocenters. The van der Waals surface area contributed by atoms with Crippen molar-refractivity contribution in [1.82, 2.24) is 0 Å². The molecule has 0 spiro atoms. The SMILES string of the molecule is CC(CCOc1ccccc1)C(=O)N(C)c1ccc(OCC(=O)O)cc1. The highest BCUT2D eigenvalue weighted by Crippen LogP contribution is 2.21. The Hall–Kier alpha value is -3.02. The summed E-state index contributed by atoms with van der Waals surface area (Å²) in [6, 6.07) is 16.2. The molecule has 2 aromatic carbocycles. The van der Waals surface area contributed by atoms with E-state index in [4.69, 9.17) is 14.6 Å². The van der Waals surface area contributed by atoms with E-state index in [1.807, 2.05) is 37.3 Å². The van der Waals surface area contributed by atoms with Crippen LogP contribution < -0.4 is 14.4 Å². The molecule has 1 N–H and O–H groups in total. The van der Waals surface area contributed by atoms with E-state index in [1.165, 1.54) is 0 Å². The third-order valence-corrected chi connectivity index (χ3v) is 3.90. The summed E-state index contributed by atoms with van der Waals surface area (Å²) in [5, 5.41) is 8.61. The van der Waals surface area contributed by atoms with Crippen LogP contribution in [-0.4, -0.2) is 37.2 Å². The van der Waals surface area contributed by atoms with Gasteiger partial charge in [0.2, 0.25) is 5.91 Å². The summed E-state index contributed by atoms with van der Waals surface area (Å²) in [7, 11) is 1.71. The third-order valence-electron chi connectivity index (χ3n) is 3.90. The van der Waals surface area contributed by atoms with Crippen LogP contribution in [0.15, 0.2) is 54.6 Å². The lowest BCUT2D eigenvalue weighted by molar-refractivity contribution is -0.139. The summed E-state index contributed by atoms with van der Waals surface area (Å²) >= 11 is 0. The fourth-order valence-corrected chi connectivity index (χ4v) is 2.36. The zero-order valence-electron chi connectivity index (χ0n) is 14.9. The van der Waals surface area contributed by atoms with Gasteiger partial charge >= 0.3 is 5.97 Å². The van der Waals surface area contributed by atoms with E-state index >= 15 is 0 Å². The molecular formula is C20H23NO5. The third kappa shape index (κ3) is 5.81. The molecule has 1 amide bonds. The number of benzene rings is 2. The maximum Gasteiger partial charge on any atom is 0.341 e. The Labute approximate surface area is 153 Å². The van der Waals surface area contributed by atoms with E-state index in [-0.39, 0.29) is 11.8 Å². The predicted octanol–water partition coefficient (Wildman–Crippen LogP) is 3.22. The van der Waals surface area contributed by atoms with Crippen molar-refractivity contribution in [2.75, 3.05) is 25.2 Å². The number of carboxylic acids is 1. The fourth-order valence-electron chi connectivity index (χ4n) is 2.36. The number of rotatable bonds is 9. The van der Waals surface area contributed by atoms with Gasteiger partial charge in [-0.3, -0.25) is 4.79 Å². The average Bonchev–Trinajstić information content (AvgIpc) is 2.66.